The Balaban J connectivity index is 1.66. The average molecular weight is 498 g/mol. The fourth-order valence-corrected chi connectivity index (χ4v) is 4.99. The molecule has 1 saturated heterocycles. The maximum atomic E-state index is 11.9. The van der Waals surface area contributed by atoms with Gasteiger partial charge in [-0.3, -0.25) is 9.78 Å². The van der Waals surface area contributed by atoms with E-state index in [1.165, 1.54) is 12.5 Å². The number of aromatic nitrogens is 2. The van der Waals surface area contributed by atoms with Crippen LogP contribution >= 0.6 is 12.2 Å². The van der Waals surface area contributed by atoms with Crippen LogP contribution in [0.4, 0.5) is 11.4 Å². The summed E-state index contributed by atoms with van der Waals surface area (Å²) in [6.07, 6.45) is 3.85. The van der Waals surface area contributed by atoms with Crippen LogP contribution in [0.2, 0.25) is 0 Å². The van der Waals surface area contributed by atoms with Crippen LogP contribution in [-0.2, 0) is 4.79 Å². The van der Waals surface area contributed by atoms with Crippen LogP contribution in [0.5, 0.6) is 5.75 Å². The quantitative estimate of drug-likeness (QED) is 0.351. The first-order valence-corrected chi connectivity index (χ1v) is 12.1. The number of pyridine rings is 1. The van der Waals surface area contributed by atoms with Gasteiger partial charge in [0.25, 0.3) is 0 Å². The number of nitrogens with one attached hydrogen (secondary N) is 2. The Morgan fingerprint density at radius 1 is 1.06 bits per heavy atom. The molecule has 0 saturated carbocycles. The highest BCUT2D eigenvalue weighted by molar-refractivity contribution is 7.80. The first-order valence-electron chi connectivity index (χ1n) is 11.7. The van der Waals surface area contributed by atoms with Gasteiger partial charge in [-0.15, -0.1) is 0 Å². The molecule has 1 aliphatic rings. The van der Waals surface area contributed by atoms with Crippen LogP contribution in [0.15, 0.2) is 85.2 Å². The van der Waals surface area contributed by atoms with Gasteiger partial charge in [-0.1, -0.05) is 23.8 Å². The highest BCUT2D eigenvalue weighted by Crippen LogP contribution is 2.43. The van der Waals surface area contributed by atoms with E-state index >= 15 is 0 Å². The summed E-state index contributed by atoms with van der Waals surface area (Å²) in [6.45, 7) is 3.55. The topological polar surface area (TPSA) is 71.4 Å². The van der Waals surface area contributed by atoms with Gasteiger partial charge in [-0.2, -0.15) is 0 Å². The molecule has 2 atom stereocenters. The molecule has 36 heavy (non-hydrogen) atoms. The standard InChI is InChI=1S/C28H27N5O2S/c1-18-9-11-20(12-10-18)32-16-6-8-24(32)27-26(22-7-4-5-15-29-22)31-28(36)33(27)21-13-14-25(35-3)23(17-21)30-19(2)34/h4-17,26-27H,1-3H3,(H,30,34)(H,31,36). The number of thiocarbonyl (C=S) groups is 1. The molecule has 2 aromatic heterocycles. The second-order valence-corrected chi connectivity index (χ2v) is 9.09. The minimum Gasteiger partial charge on any atom is -0.495 e. The molecule has 4 aromatic rings. The molecule has 0 bridgehead atoms. The van der Waals surface area contributed by atoms with E-state index in [1.54, 1.807) is 13.3 Å². The van der Waals surface area contributed by atoms with Gasteiger partial charge in [-0.05, 0) is 73.7 Å². The number of aryl methyl sites for hydroxylation is 1. The number of benzene rings is 2. The summed E-state index contributed by atoms with van der Waals surface area (Å²) in [7, 11) is 1.58. The third kappa shape index (κ3) is 4.43. The number of methoxy groups -OCH3 is 1. The lowest BCUT2D eigenvalue weighted by molar-refractivity contribution is -0.114. The lowest BCUT2D eigenvalue weighted by Gasteiger charge is -2.29. The maximum absolute atomic E-state index is 11.9. The largest absolute Gasteiger partial charge is 0.495 e. The molecule has 0 spiro atoms. The van der Waals surface area contributed by atoms with Crippen molar-refractivity contribution < 1.29 is 9.53 Å². The minimum atomic E-state index is -0.206. The summed E-state index contributed by atoms with van der Waals surface area (Å²) < 4.78 is 7.65. The maximum Gasteiger partial charge on any atom is 0.221 e. The highest BCUT2D eigenvalue weighted by atomic mass is 32.1. The number of rotatable bonds is 6. The Labute approximate surface area is 215 Å². The molecule has 8 heteroatoms. The molecular formula is C28H27N5O2S. The zero-order valence-corrected chi connectivity index (χ0v) is 21.1. The predicted octanol–water partition coefficient (Wildman–Crippen LogP) is 5.32. The molecule has 5 rings (SSSR count). The lowest BCUT2D eigenvalue weighted by Crippen LogP contribution is -2.30. The van der Waals surface area contributed by atoms with Gasteiger partial charge >= 0.3 is 0 Å². The normalized spacial score (nSPS) is 17.1. The number of carbonyl (C=O) groups is 1. The third-order valence-corrected chi connectivity index (χ3v) is 6.58. The summed E-state index contributed by atoms with van der Waals surface area (Å²) >= 11 is 5.88. The minimum absolute atomic E-state index is 0.177. The number of carbonyl (C=O) groups excluding carboxylic acids is 1. The van der Waals surface area contributed by atoms with Crippen molar-refractivity contribution in [3.63, 3.8) is 0 Å². The van der Waals surface area contributed by atoms with Gasteiger partial charge in [0.05, 0.1) is 24.5 Å². The van der Waals surface area contributed by atoms with Crippen LogP contribution in [0.1, 0.15) is 36.0 Å². The van der Waals surface area contributed by atoms with Crippen molar-refractivity contribution in [2.24, 2.45) is 0 Å². The number of nitrogens with zero attached hydrogens (tertiary/aromatic N) is 3. The van der Waals surface area contributed by atoms with Crippen LogP contribution in [-0.4, -0.2) is 27.7 Å². The van der Waals surface area contributed by atoms with Gasteiger partial charge in [0.2, 0.25) is 5.91 Å². The second-order valence-electron chi connectivity index (χ2n) is 8.70. The van der Waals surface area contributed by atoms with E-state index in [0.717, 1.165) is 22.8 Å². The van der Waals surface area contributed by atoms with Gasteiger partial charge in [-0.25, -0.2) is 0 Å². The smallest absolute Gasteiger partial charge is 0.221 e. The first-order chi connectivity index (χ1) is 17.5. The van der Waals surface area contributed by atoms with Gasteiger partial charge in [0.1, 0.15) is 11.8 Å². The zero-order valence-electron chi connectivity index (χ0n) is 20.3. The molecule has 2 unspecified atom stereocenters. The van der Waals surface area contributed by atoms with Crippen molar-refractivity contribution in [3.05, 3.63) is 102 Å². The molecule has 2 N–H and O–H groups in total. The molecule has 2 aromatic carbocycles. The number of hydrogen-bond acceptors (Lipinski definition) is 4. The van der Waals surface area contributed by atoms with Crippen LogP contribution in [0.25, 0.3) is 5.69 Å². The molecule has 1 fully saturated rings. The second kappa shape index (κ2) is 9.83. The summed E-state index contributed by atoms with van der Waals surface area (Å²) in [5.41, 5.74) is 5.62. The molecular weight excluding hydrogens is 470 g/mol. The Morgan fingerprint density at radius 3 is 2.53 bits per heavy atom. The van der Waals surface area contributed by atoms with Crippen molar-refractivity contribution in [1.82, 2.24) is 14.9 Å². The van der Waals surface area contributed by atoms with Gasteiger partial charge in [0.15, 0.2) is 5.11 Å². The fourth-order valence-electron chi connectivity index (χ4n) is 4.64. The Kier molecular flexibility index (Phi) is 6.43. The molecule has 1 amide bonds. The summed E-state index contributed by atoms with van der Waals surface area (Å²) in [4.78, 5) is 18.6. The van der Waals surface area contributed by atoms with Gasteiger partial charge in [0, 0.05) is 36.4 Å². The van der Waals surface area contributed by atoms with Crippen molar-refractivity contribution in [2.75, 3.05) is 17.3 Å². The number of amides is 1. The molecule has 7 nitrogen and oxygen atoms in total. The van der Waals surface area contributed by atoms with Crippen LogP contribution in [0.3, 0.4) is 0 Å². The van der Waals surface area contributed by atoms with Gasteiger partial charge < -0.3 is 24.8 Å². The van der Waals surface area contributed by atoms with E-state index in [-0.39, 0.29) is 18.0 Å². The monoisotopic (exact) mass is 497 g/mol. The SMILES string of the molecule is COc1ccc(N2C(=S)NC(c3ccccn3)C2c2cccn2-c2ccc(C)cc2)cc1NC(C)=O. The molecule has 0 radical (unpaired) electrons. The highest BCUT2D eigenvalue weighted by Gasteiger charge is 2.42. The third-order valence-electron chi connectivity index (χ3n) is 6.27. The average Bonchev–Trinajstić information content (AvgIpc) is 3.49. The molecule has 0 aliphatic carbocycles. The lowest BCUT2D eigenvalue weighted by atomic mass is 10.0. The fraction of sp³-hybridized carbons (Fsp3) is 0.179. The Bertz CT molecular complexity index is 1400. The van der Waals surface area contributed by atoms with E-state index in [2.05, 4.69) is 68.5 Å². The van der Waals surface area contributed by atoms with E-state index in [1.807, 2.05) is 42.5 Å². The predicted molar refractivity (Wildman–Crippen MR) is 146 cm³/mol. The first kappa shape index (κ1) is 23.6. The van der Waals surface area contributed by atoms with Crippen molar-refractivity contribution in [1.29, 1.82) is 0 Å². The van der Waals surface area contributed by atoms with Crippen molar-refractivity contribution >= 4 is 34.6 Å². The summed E-state index contributed by atoms with van der Waals surface area (Å²) in [6, 6.07) is 23.8. The molecule has 1 aliphatic heterocycles. The zero-order chi connectivity index (χ0) is 25.2. The number of ether oxygens (including phenoxy) is 1. The molecule has 3 heterocycles. The summed E-state index contributed by atoms with van der Waals surface area (Å²) in [5.74, 6) is 0.400. The van der Waals surface area contributed by atoms with Crippen molar-refractivity contribution in [3.8, 4) is 11.4 Å². The van der Waals surface area contributed by atoms with Crippen LogP contribution < -0.4 is 20.3 Å². The van der Waals surface area contributed by atoms with E-state index in [9.17, 15) is 4.79 Å². The number of hydrogen-bond donors (Lipinski definition) is 2. The van der Waals surface area contributed by atoms with Crippen LogP contribution in [0, 0.1) is 6.92 Å². The van der Waals surface area contributed by atoms with Crippen molar-refractivity contribution in [2.45, 2.75) is 25.9 Å². The Morgan fingerprint density at radius 2 is 1.83 bits per heavy atom. The Hall–Kier alpha value is -4.17. The van der Waals surface area contributed by atoms with E-state index in [0.29, 0.717) is 16.5 Å². The summed E-state index contributed by atoms with van der Waals surface area (Å²) in [5, 5.41) is 6.94. The van der Waals surface area contributed by atoms with E-state index < -0.39 is 0 Å². The van der Waals surface area contributed by atoms with E-state index in [4.69, 9.17) is 17.0 Å². The molecule has 182 valence electrons. The number of anilines is 2.